The molecule has 0 amide bonds. The van der Waals surface area contributed by atoms with Crippen LogP contribution < -0.4 is 0 Å². The molecule has 0 fully saturated rings. The molecule has 0 bridgehead atoms. The topological polar surface area (TPSA) is 107 Å². The maximum atomic E-state index is 13.2. The normalized spacial score (nSPS) is 18.4. The quantitative estimate of drug-likeness (QED) is 0.291. The zero-order chi connectivity index (χ0) is 20.2. The van der Waals surface area contributed by atoms with Gasteiger partial charge in [-0.1, -0.05) is 36.9 Å². The monoisotopic (exact) mass is 392 g/mol. The number of nitrogens with zero attached hydrogens (tertiary/aromatic N) is 2. The highest BCUT2D eigenvalue weighted by Crippen LogP contribution is 2.33. The summed E-state index contributed by atoms with van der Waals surface area (Å²) in [5.74, 6) is -1.25. The molecule has 1 heterocycles. The van der Waals surface area contributed by atoms with Crippen LogP contribution in [-0.2, 0) is 19.6 Å². The van der Waals surface area contributed by atoms with Crippen molar-refractivity contribution in [3.05, 3.63) is 71.3 Å². The Bertz CT molecular complexity index is 906. The van der Waals surface area contributed by atoms with Crippen molar-refractivity contribution < 1.29 is 22.9 Å². The lowest BCUT2D eigenvalue weighted by Gasteiger charge is -2.25. The summed E-state index contributed by atoms with van der Waals surface area (Å²) in [7, 11) is -2.95. The summed E-state index contributed by atoms with van der Waals surface area (Å²) >= 11 is 0. The first-order valence-electron chi connectivity index (χ1n) is 8.05. The van der Waals surface area contributed by atoms with E-state index < -0.39 is 43.5 Å². The third-order valence-electron chi connectivity index (χ3n) is 4.31. The smallest absolute Gasteiger partial charge is 0.312 e. The number of hydrogen-bond acceptors (Lipinski definition) is 6. The first-order chi connectivity index (χ1) is 12.8. The minimum atomic E-state index is -4.19. The van der Waals surface area contributed by atoms with Gasteiger partial charge in [0, 0.05) is 18.7 Å². The Labute approximate surface area is 157 Å². The van der Waals surface area contributed by atoms with Crippen LogP contribution >= 0.6 is 0 Å². The van der Waals surface area contributed by atoms with Gasteiger partial charge < -0.3 is 4.74 Å². The van der Waals surface area contributed by atoms with E-state index >= 15 is 0 Å². The molecular formula is C18H20N2O6S. The number of hydrogen-bond donors (Lipinski definition) is 0. The summed E-state index contributed by atoms with van der Waals surface area (Å²) in [6.45, 7) is 7.26. The molecule has 8 nitrogen and oxygen atoms in total. The van der Waals surface area contributed by atoms with E-state index in [1.807, 2.05) is 0 Å². The van der Waals surface area contributed by atoms with Crippen LogP contribution in [0.2, 0.25) is 0 Å². The van der Waals surface area contributed by atoms with E-state index in [-0.39, 0.29) is 13.0 Å². The Hall–Kier alpha value is -2.78. The lowest BCUT2D eigenvalue weighted by atomic mass is 10.0. The fraction of sp³-hybridized carbons (Fsp3) is 0.278. The second kappa shape index (κ2) is 8.28. The third-order valence-corrected chi connectivity index (χ3v) is 6.23. The minimum Gasteiger partial charge on any atom is -0.469 e. The van der Waals surface area contributed by atoms with Gasteiger partial charge in [-0.3, -0.25) is 14.9 Å². The molecule has 0 radical (unpaired) electrons. The number of ether oxygens (including phenoxy) is 1. The zero-order valence-corrected chi connectivity index (χ0v) is 15.6. The predicted molar refractivity (Wildman–Crippen MR) is 99.4 cm³/mol. The molecule has 2 atom stereocenters. The first-order valence-corrected chi connectivity index (χ1v) is 9.49. The van der Waals surface area contributed by atoms with E-state index in [2.05, 4.69) is 13.2 Å². The Balaban J connectivity index is 2.45. The molecule has 1 aromatic rings. The molecule has 2 rings (SSSR count). The van der Waals surface area contributed by atoms with E-state index in [0.717, 1.165) is 10.4 Å². The summed E-state index contributed by atoms with van der Waals surface area (Å²) in [4.78, 5) is 22.0. The van der Waals surface area contributed by atoms with Crippen LogP contribution in [0.25, 0.3) is 0 Å². The Morgan fingerprint density at radius 2 is 2.11 bits per heavy atom. The largest absolute Gasteiger partial charge is 0.469 e. The number of carbonyl (C=O) groups is 1. The lowest BCUT2D eigenvalue weighted by Crippen LogP contribution is -2.38. The van der Waals surface area contributed by atoms with Crippen LogP contribution in [0.3, 0.4) is 0 Å². The van der Waals surface area contributed by atoms with E-state index in [1.54, 1.807) is 6.08 Å². The number of benzene rings is 1. The number of rotatable bonds is 8. The van der Waals surface area contributed by atoms with E-state index in [4.69, 9.17) is 4.74 Å². The van der Waals surface area contributed by atoms with E-state index in [0.29, 0.717) is 5.57 Å². The van der Waals surface area contributed by atoms with Gasteiger partial charge in [0.05, 0.1) is 18.0 Å². The molecule has 27 heavy (non-hydrogen) atoms. The van der Waals surface area contributed by atoms with Crippen LogP contribution in [0.4, 0.5) is 5.69 Å². The molecule has 0 saturated carbocycles. The summed E-state index contributed by atoms with van der Waals surface area (Å²) in [5, 5.41) is 11.3. The highest BCUT2D eigenvalue weighted by atomic mass is 32.2. The van der Waals surface area contributed by atoms with Crippen LogP contribution in [0.1, 0.15) is 6.42 Å². The van der Waals surface area contributed by atoms with Crippen molar-refractivity contribution in [1.29, 1.82) is 0 Å². The highest BCUT2D eigenvalue weighted by molar-refractivity contribution is 7.89. The van der Waals surface area contributed by atoms with Gasteiger partial charge in [0.2, 0.25) is 0 Å². The number of nitro benzene ring substituents is 1. The molecule has 1 aliphatic rings. The number of carbonyl (C=O) groups excluding carboxylic acids is 1. The van der Waals surface area contributed by atoms with Crippen molar-refractivity contribution in [3.63, 3.8) is 0 Å². The van der Waals surface area contributed by atoms with Crippen LogP contribution in [0, 0.1) is 16.0 Å². The van der Waals surface area contributed by atoms with Crippen molar-refractivity contribution in [3.8, 4) is 0 Å². The average Bonchev–Trinajstić information content (AvgIpc) is 3.09. The van der Waals surface area contributed by atoms with Gasteiger partial charge in [-0.15, -0.1) is 6.58 Å². The van der Waals surface area contributed by atoms with Gasteiger partial charge in [-0.05, 0) is 18.1 Å². The predicted octanol–water partition coefficient (Wildman–Crippen LogP) is 2.45. The second-order valence-corrected chi connectivity index (χ2v) is 7.75. The van der Waals surface area contributed by atoms with Gasteiger partial charge in [0.25, 0.3) is 15.7 Å². The van der Waals surface area contributed by atoms with Gasteiger partial charge >= 0.3 is 5.97 Å². The Kier molecular flexibility index (Phi) is 6.29. The van der Waals surface area contributed by atoms with Crippen LogP contribution in [0.15, 0.2) is 66.1 Å². The zero-order valence-electron chi connectivity index (χ0n) is 14.8. The van der Waals surface area contributed by atoms with Gasteiger partial charge in [-0.25, -0.2) is 8.42 Å². The third kappa shape index (κ3) is 4.15. The maximum Gasteiger partial charge on any atom is 0.312 e. The highest BCUT2D eigenvalue weighted by Gasteiger charge is 2.39. The van der Waals surface area contributed by atoms with Crippen LogP contribution in [0.5, 0.6) is 0 Å². The maximum absolute atomic E-state index is 13.2. The molecule has 0 aromatic heterocycles. The lowest BCUT2D eigenvalue weighted by molar-refractivity contribution is -0.387. The molecule has 0 saturated heterocycles. The molecule has 0 aliphatic carbocycles. The van der Waals surface area contributed by atoms with Crippen molar-refractivity contribution in [2.75, 3.05) is 13.7 Å². The summed E-state index contributed by atoms with van der Waals surface area (Å²) in [5.41, 5.74) is 0.145. The molecular weight excluding hydrogens is 372 g/mol. The molecule has 0 N–H and O–H groups in total. The first kappa shape index (κ1) is 20.5. The van der Waals surface area contributed by atoms with Crippen molar-refractivity contribution in [2.24, 2.45) is 5.92 Å². The van der Waals surface area contributed by atoms with E-state index in [1.165, 1.54) is 37.5 Å². The molecule has 9 heteroatoms. The fourth-order valence-corrected chi connectivity index (χ4v) is 4.65. The van der Waals surface area contributed by atoms with Crippen LogP contribution in [-0.4, -0.2) is 43.3 Å². The van der Waals surface area contributed by atoms with Gasteiger partial charge in [-0.2, -0.15) is 4.31 Å². The van der Waals surface area contributed by atoms with Crippen molar-refractivity contribution in [2.45, 2.75) is 17.4 Å². The molecule has 0 unspecified atom stereocenters. The van der Waals surface area contributed by atoms with Gasteiger partial charge in [0.1, 0.15) is 0 Å². The Morgan fingerprint density at radius 3 is 2.67 bits per heavy atom. The summed E-state index contributed by atoms with van der Waals surface area (Å²) < 4.78 is 32.2. The number of methoxy groups -OCH3 is 1. The average molecular weight is 392 g/mol. The fourth-order valence-electron chi connectivity index (χ4n) is 2.91. The number of esters is 1. The van der Waals surface area contributed by atoms with Crippen molar-refractivity contribution in [1.82, 2.24) is 4.31 Å². The van der Waals surface area contributed by atoms with Gasteiger partial charge in [0.15, 0.2) is 4.90 Å². The number of para-hydroxylation sites is 1. The molecule has 0 spiro atoms. The summed E-state index contributed by atoms with van der Waals surface area (Å²) in [6.07, 6.45) is 4.69. The van der Waals surface area contributed by atoms with Crippen molar-refractivity contribution >= 4 is 21.7 Å². The number of sulfonamides is 1. The van der Waals surface area contributed by atoms with E-state index in [9.17, 15) is 23.3 Å². The standard InChI is InChI=1S/C18H20N2O6S/c1-4-13-10-15(11-14(5-2)18(21)26-3)19(12-13)27(24,25)17-9-7-6-8-16(17)20(22)23/h4-10,14-15H,1-2,11-12H2,3H3/t14-,15+/m0/s1. The minimum absolute atomic E-state index is 0.00752. The SMILES string of the molecule is C=CC1=C[C@H](C[C@H](C=C)C(=O)OC)N(S(=O)(=O)c2ccccc2[N+](=O)[O-])C1. The molecule has 1 aromatic carbocycles. The molecule has 144 valence electrons. The molecule has 1 aliphatic heterocycles. The second-order valence-electron chi connectivity index (χ2n) is 5.89. The Morgan fingerprint density at radius 1 is 1.44 bits per heavy atom. The number of nitro groups is 1. The summed E-state index contributed by atoms with van der Waals surface area (Å²) in [6, 6.07) is 4.47.